The molecule has 0 bridgehead atoms. The maximum absolute atomic E-state index is 4.61. The molecule has 2 aromatic rings. The summed E-state index contributed by atoms with van der Waals surface area (Å²) in [4.78, 5) is 5.95. The molecular formula is C13H18N2S2. The summed E-state index contributed by atoms with van der Waals surface area (Å²) < 4.78 is 0. The number of nitrogens with one attached hydrogen (secondary N) is 1. The molecule has 4 heteroatoms. The lowest BCUT2D eigenvalue weighted by Gasteiger charge is -2.13. The van der Waals surface area contributed by atoms with Crippen LogP contribution >= 0.6 is 22.7 Å². The highest BCUT2D eigenvalue weighted by Crippen LogP contribution is 2.19. The molecule has 0 aliphatic rings. The van der Waals surface area contributed by atoms with E-state index < -0.39 is 0 Å². The lowest BCUT2D eigenvalue weighted by molar-refractivity contribution is 0.555. The highest BCUT2D eigenvalue weighted by Gasteiger charge is 2.12. The van der Waals surface area contributed by atoms with Crippen molar-refractivity contribution in [2.45, 2.75) is 32.7 Å². The van der Waals surface area contributed by atoms with Crippen LogP contribution in [0.1, 0.15) is 21.1 Å². The van der Waals surface area contributed by atoms with Gasteiger partial charge < -0.3 is 5.32 Å². The third-order valence-corrected chi connectivity index (χ3v) is 4.79. The molecule has 0 saturated carbocycles. The Morgan fingerprint density at radius 2 is 2.18 bits per heavy atom. The van der Waals surface area contributed by atoms with E-state index in [4.69, 9.17) is 0 Å². The van der Waals surface area contributed by atoms with Gasteiger partial charge in [-0.15, -0.1) is 11.3 Å². The molecule has 0 aliphatic carbocycles. The molecule has 17 heavy (non-hydrogen) atoms. The number of aryl methyl sites for hydroxylation is 2. The zero-order valence-electron chi connectivity index (χ0n) is 10.5. The monoisotopic (exact) mass is 266 g/mol. The third kappa shape index (κ3) is 3.37. The van der Waals surface area contributed by atoms with Crippen LogP contribution < -0.4 is 5.32 Å². The van der Waals surface area contributed by atoms with E-state index in [0.29, 0.717) is 6.04 Å². The van der Waals surface area contributed by atoms with Gasteiger partial charge in [0.1, 0.15) is 0 Å². The molecule has 0 aliphatic heterocycles. The van der Waals surface area contributed by atoms with Crippen LogP contribution in [-0.4, -0.2) is 18.1 Å². The lowest BCUT2D eigenvalue weighted by atomic mass is 10.1. The molecule has 2 aromatic heterocycles. The number of hydrogen-bond donors (Lipinski definition) is 1. The summed E-state index contributed by atoms with van der Waals surface area (Å²) in [6.45, 7) is 4.23. The Balaban J connectivity index is 2.00. The van der Waals surface area contributed by atoms with E-state index in [9.17, 15) is 0 Å². The average molecular weight is 266 g/mol. The summed E-state index contributed by atoms with van der Waals surface area (Å²) in [7, 11) is 2.03. The number of thiazole rings is 1. The minimum absolute atomic E-state index is 0.481. The van der Waals surface area contributed by atoms with Gasteiger partial charge in [0.05, 0.1) is 10.7 Å². The van der Waals surface area contributed by atoms with Gasteiger partial charge in [-0.2, -0.15) is 11.3 Å². The zero-order valence-corrected chi connectivity index (χ0v) is 12.1. The SMILES string of the molecule is CNC(Cc1ccsc1)Cc1nc(C)c(C)s1. The van der Waals surface area contributed by atoms with Crippen LogP contribution in [-0.2, 0) is 12.8 Å². The fraction of sp³-hybridized carbons (Fsp3) is 0.462. The van der Waals surface area contributed by atoms with Crippen LogP contribution in [0.5, 0.6) is 0 Å². The van der Waals surface area contributed by atoms with Crippen LogP contribution in [0.3, 0.4) is 0 Å². The van der Waals surface area contributed by atoms with Gasteiger partial charge >= 0.3 is 0 Å². The Hall–Kier alpha value is -0.710. The van der Waals surface area contributed by atoms with E-state index in [1.54, 1.807) is 11.3 Å². The number of rotatable bonds is 5. The summed E-state index contributed by atoms with van der Waals surface area (Å²) in [6.07, 6.45) is 2.10. The Labute approximate surface area is 111 Å². The summed E-state index contributed by atoms with van der Waals surface area (Å²) in [5.41, 5.74) is 2.59. The quantitative estimate of drug-likeness (QED) is 0.899. The second-order valence-electron chi connectivity index (χ2n) is 4.27. The zero-order chi connectivity index (χ0) is 12.3. The van der Waals surface area contributed by atoms with Crippen molar-refractivity contribution in [1.82, 2.24) is 10.3 Å². The van der Waals surface area contributed by atoms with Crippen molar-refractivity contribution in [3.05, 3.63) is 38.0 Å². The van der Waals surface area contributed by atoms with Crippen LogP contribution in [0, 0.1) is 13.8 Å². The molecule has 1 N–H and O–H groups in total. The van der Waals surface area contributed by atoms with Crippen LogP contribution in [0.2, 0.25) is 0 Å². The summed E-state index contributed by atoms with van der Waals surface area (Å²) in [5, 5.41) is 9.00. The minimum atomic E-state index is 0.481. The van der Waals surface area contributed by atoms with Gasteiger partial charge in [-0.25, -0.2) is 4.98 Å². The molecule has 2 rings (SSSR count). The fourth-order valence-corrected chi connectivity index (χ4v) is 3.50. The number of aromatic nitrogens is 1. The average Bonchev–Trinajstić information content (AvgIpc) is 2.89. The molecule has 2 heterocycles. The molecule has 0 aromatic carbocycles. The van der Waals surface area contributed by atoms with Gasteiger partial charge in [-0.3, -0.25) is 0 Å². The first-order chi connectivity index (χ1) is 8.19. The summed E-state index contributed by atoms with van der Waals surface area (Å²) in [6, 6.07) is 2.68. The lowest BCUT2D eigenvalue weighted by Crippen LogP contribution is -2.29. The first-order valence-corrected chi connectivity index (χ1v) is 7.56. The van der Waals surface area contributed by atoms with Crippen LogP contribution in [0.15, 0.2) is 16.8 Å². The van der Waals surface area contributed by atoms with E-state index in [1.165, 1.54) is 21.1 Å². The van der Waals surface area contributed by atoms with Crippen LogP contribution in [0.4, 0.5) is 0 Å². The molecule has 0 saturated heterocycles. The molecule has 0 spiro atoms. The number of nitrogens with zero attached hydrogens (tertiary/aromatic N) is 1. The first kappa shape index (κ1) is 12.7. The maximum Gasteiger partial charge on any atom is 0.0946 e. The van der Waals surface area contributed by atoms with Gasteiger partial charge in [-0.1, -0.05) is 0 Å². The summed E-state index contributed by atoms with van der Waals surface area (Å²) >= 11 is 3.59. The molecule has 2 nitrogen and oxygen atoms in total. The largest absolute Gasteiger partial charge is 0.316 e. The Kier molecular flexibility index (Phi) is 4.31. The highest BCUT2D eigenvalue weighted by atomic mass is 32.1. The number of hydrogen-bond acceptors (Lipinski definition) is 4. The minimum Gasteiger partial charge on any atom is -0.316 e. The number of likely N-dealkylation sites (N-methyl/N-ethyl adjacent to an activating group) is 1. The molecule has 1 unspecified atom stereocenters. The fourth-order valence-electron chi connectivity index (χ4n) is 1.81. The van der Waals surface area contributed by atoms with E-state index in [2.05, 4.69) is 41.0 Å². The second-order valence-corrected chi connectivity index (χ2v) is 6.34. The van der Waals surface area contributed by atoms with Crippen molar-refractivity contribution < 1.29 is 0 Å². The van der Waals surface area contributed by atoms with E-state index in [0.717, 1.165) is 12.8 Å². The van der Waals surface area contributed by atoms with Crippen molar-refractivity contribution >= 4 is 22.7 Å². The van der Waals surface area contributed by atoms with Crippen molar-refractivity contribution in [2.24, 2.45) is 0 Å². The van der Waals surface area contributed by atoms with Gasteiger partial charge in [0.2, 0.25) is 0 Å². The Bertz CT molecular complexity index is 440. The number of thiophene rings is 1. The molecular weight excluding hydrogens is 248 g/mol. The van der Waals surface area contributed by atoms with Crippen molar-refractivity contribution in [3.8, 4) is 0 Å². The molecule has 92 valence electrons. The van der Waals surface area contributed by atoms with Gasteiger partial charge in [0.15, 0.2) is 0 Å². The Morgan fingerprint density at radius 1 is 1.35 bits per heavy atom. The topological polar surface area (TPSA) is 24.9 Å². The normalized spacial score (nSPS) is 12.9. The van der Waals surface area contributed by atoms with Gasteiger partial charge in [-0.05, 0) is 49.7 Å². The predicted molar refractivity (Wildman–Crippen MR) is 76.2 cm³/mol. The molecule has 0 radical (unpaired) electrons. The Morgan fingerprint density at radius 3 is 2.71 bits per heavy atom. The molecule has 0 amide bonds. The second kappa shape index (κ2) is 5.76. The first-order valence-electron chi connectivity index (χ1n) is 5.80. The third-order valence-electron chi connectivity index (χ3n) is 2.96. The van der Waals surface area contributed by atoms with Gasteiger partial charge in [0, 0.05) is 17.3 Å². The molecule has 1 atom stereocenters. The van der Waals surface area contributed by atoms with Crippen molar-refractivity contribution in [2.75, 3.05) is 7.05 Å². The van der Waals surface area contributed by atoms with Crippen LogP contribution in [0.25, 0.3) is 0 Å². The van der Waals surface area contributed by atoms with Gasteiger partial charge in [0.25, 0.3) is 0 Å². The summed E-state index contributed by atoms with van der Waals surface area (Å²) in [5.74, 6) is 0. The van der Waals surface area contributed by atoms with E-state index in [1.807, 2.05) is 18.4 Å². The molecule has 0 fully saturated rings. The standard InChI is InChI=1S/C13H18N2S2/c1-9-10(2)17-13(15-9)7-12(14-3)6-11-4-5-16-8-11/h4-5,8,12,14H,6-7H2,1-3H3. The van der Waals surface area contributed by atoms with E-state index >= 15 is 0 Å². The predicted octanol–water partition coefficient (Wildman–Crippen LogP) is 3.19. The maximum atomic E-state index is 4.61. The van der Waals surface area contributed by atoms with Crippen molar-refractivity contribution in [3.63, 3.8) is 0 Å². The van der Waals surface area contributed by atoms with E-state index in [-0.39, 0.29) is 0 Å². The highest BCUT2D eigenvalue weighted by molar-refractivity contribution is 7.11. The smallest absolute Gasteiger partial charge is 0.0946 e. The van der Waals surface area contributed by atoms with Crippen molar-refractivity contribution in [1.29, 1.82) is 0 Å².